The van der Waals surface area contributed by atoms with Crippen molar-refractivity contribution in [3.05, 3.63) is 23.2 Å². The Morgan fingerprint density at radius 2 is 2.00 bits per heavy atom. The summed E-state index contributed by atoms with van der Waals surface area (Å²) in [7, 11) is 0. The number of hydrogen-bond donors (Lipinski definition) is 2. The summed E-state index contributed by atoms with van der Waals surface area (Å²) in [6.07, 6.45) is -4.26. The van der Waals surface area contributed by atoms with Crippen molar-refractivity contribution >= 4 is 23.0 Å². The average Bonchev–Trinajstić information content (AvgIpc) is 2.00. The first-order chi connectivity index (χ1) is 6.38. The van der Waals surface area contributed by atoms with Crippen molar-refractivity contribution in [1.29, 1.82) is 0 Å². The molecular formula is C8H8ClF3N2. The molecule has 0 radical (unpaired) electrons. The maximum absolute atomic E-state index is 11.8. The molecule has 1 aromatic carbocycles. The topological polar surface area (TPSA) is 38.0 Å². The first-order valence-corrected chi connectivity index (χ1v) is 4.12. The van der Waals surface area contributed by atoms with E-state index in [-0.39, 0.29) is 10.7 Å². The van der Waals surface area contributed by atoms with Crippen LogP contribution in [-0.4, -0.2) is 12.7 Å². The Kier molecular flexibility index (Phi) is 3.10. The van der Waals surface area contributed by atoms with Gasteiger partial charge in [-0.2, -0.15) is 13.2 Å². The van der Waals surface area contributed by atoms with Crippen molar-refractivity contribution in [3.8, 4) is 0 Å². The quantitative estimate of drug-likeness (QED) is 0.758. The Balaban J connectivity index is 2.68. The fourth-order valence-corrected chi connectivity index (χ4v) is 1.13. The lowest BCUT2D eigenvalue weighted by molar-refractivity contribution is -0.115. The number of anilines is 2. The van der Waals surface area contributed by atoms with Crippen LogP contribution in [0.4, 0.5) is 24.5 Å². The van der Waals surface area contributed by atoms with Crippen LogP contribution in [0.1, 0.15) is 0 Å². The van der Waals surface area contributed by atoms with Crippen molar-refractivity contribution in [1.82, 2.24) is 0 Å². The van der Waals surface area contributed by atoms with E-state index in [1.54, 1.807) is 0 Å². The molecule has 0 aliphatic carbocycles. The number of halogens is 4. The lowest BCUT2D eigenvalue weighted by atomic mass is 10.3. The molecule has 0 saturated heterocycles. The summed E-state index contributed by atoms with van der Waals surface area (Å²) in [5.74, 6) is 0. The van der Waals surface area contributed by atoms with Crippen LogP contribution in [0.2, 0.25) is 5.02 Å². The fraction of sp³-hybridized carbons (Fsp3) is 0.250. The van der Waals surface area contributed by atoms with Gasteiger partial charge in [-0.05, 0) is 18.2 Å². The van der Waals surface area contributed by atoms with Gasteiger partial charge >= 0.3 is 6.18 Å². The summed E-state index contributed by atoms with van der Waals surface area (Å²) in [4.78, 5) is 0. The van der Waals surface area contributed by atoms with Gasteiger partial charge in [-0.1, -0.05) is 11.6 Å². The predicted octanol–water partition coefficient (Wildman–Crippen LogP) is 2.90. The molecule has 0 atom stereocenters. The van der Waals surface area contributed by atoms with Crippen LogP contribution in [0.3, 0.4) is 0 Å². The van der Waals surface area contributed by atoms with Crippen molar-refractivity contribution in [2.45, 2.75) is 6.18 Å². The monoisotopic (exact) mass is 224 g/mol. The minimum absolute atomic E-state index is 0.175. The van der Waals surface area contributed by atoms with Crippen LogP contribution in [-0.2, 0) is 0 Å². The average molecular weight is 225 g/mol. The van der Waals surface area contributed by atoms with E-state index in [0.29, 0.717) is 5.69 Å². The van der Waals surface area contributed by atoms with Gasteiger partial charge in [0.1, 0.15) is 6.54 Å². The molecule has 0 aromatic heterocycles. The third-order valence-corrected chi connectivity index (χ3v) is 1.79. The number of nitrogens with two attached hydrogens (primary N) is 1. The molecule has 0 aliphatic rings. The summed E-state index contributed by atoms with van der Waals surface area (Å²) >= 11 is 5.65. The van der Waals surface area contributed by atoms with Crippen LogP contribution < -0.4 is 11.1 Å². The Morgan fingerprint density at radius 3 is 2.50 bits per heavy atom. The molecule has 3 N–H and O–H groups in total. The molecule has 0 unspecified atom stereocenters. The second-order valence-electron chi connectivity index (χ2n) is 2.71. The van der Waals surface area contributed by atoms with E-state index in [9.17, 15) is 13.2 Å². The molecule has 1 rings (SSSR count). The van der Waals surface area contributed by atoms with Gasteiger partial charge in [0.05, 0.1) is 10.7 Å². The summed E-state index contributed by atoms with van der Waals surface area (Å²) in [5.41, 5.74) is 6.01. The third kappa shape index (κ3) is 3.33. The van der Waals surface area contributed by atoms with Crippen LogP contribution in [0.5, 0.6) is 0 Å². The first kappa shape index (κ1) is 11.0. The largest absolute Gasteiger partial charge is 0.405 e. The highest BCUT2D eigenvalue weighted by atomic mass is 35.5. The van der Waals surface area contributed by atoms with E-state index >= 15 is 0 Å². The molecule has 6 heteroatoms. The zero-order valence-electron chi connectivity index (χ0n) is 7.03. The van der Waals surface area contributed by atoms with Gasteiger partial charge in [-0.25, -0.2) is 0 Å². The molecule has 0 spiro atoms. The van der Waals surface area contributed by atoms with E-state index in [1.165, 1.54) is 18.2 Å². The Labute approximate surface area is 83.9 Å². The van der Waals surface area contributed by atoms with Crippen LogP contribution in [0, 0.1) is 0 Å². The summed E-state index contributed by atoms with van der Waals surface area (Å²) in [6, 6.07) is 4.27. The predicted molar refractivity (Wildman–Crippen MR) is 50.4 cm³/mol. The molecule has 2 nitrogen and oxygen atoms in total. The van der Waals surface area contributed by atoms with Crippen molar-refractivity contribution in [2.75, 3.05) is 17.6 Å². The van der Waals surface area contributed by atoms with Crippen LogP contribution in [0.25, 0.3) is 0 Å². The number of hydrogen-bond acceptors (Lipinski definition) is 2. The van der Waals surface area contributed by atoms with E-state index in [4.69, 9.17) is 17.3 Å². The molecule has 1 aromatic rings. The van der Waals surface area contributed by atoms with Crippen LogP contribution >= 0.6 is 11.6 Å². The smallest absolute Gasteiger partial charge is 0.399 e. The van der Waals surface area contributed by atoms with Gasteiger partial charge in [0.2, 0.25) is 0 Å². The van der Waals surface area contributed by atoms with Crippen molar-refractivity contribution in [3.63, 3.8) is 0 Å². The van der Waals surface area contributed by atoms with Gasteiger partial charge in [-0.3, -0.25) is 0 Å². The first-order valence-electron chi connectivity index (χ1n) is 3.74. The summed E-state index contributed by atoms with van der Waals surface area (Å²) < 4.78 is 35.5. The Bertz CT molecular complexity index is 325. The molecular weight excluding hydrogens is 217 g/mol. The van der Waals surface area contributed by atoms with Crippen molar-refractivity contribution < 1.29 is 13.2 Å². The van der Waals surface area contributed by atoms with Crippen LogP contribution in [0.15, 0.2) is 18.2 Å². The number of rotatable bonds is 2. The molecule has 0 saturated carbocycles. The zero-order chi connectivity index (χ0) is 10.8. The highest BCUT2D eigenvalue weighted by Gasteiger charge is 2.26. The standard InChI is InChI=1S/C8H8ClF3N2/c9-6-3-5(13)1-2-7(6)14-4-8(10,11)12/h1-3,14H,4,13H2. The second-order valence-corrected chi connectivity index (χ2v) is 3.12. The number of nitrogens with one attached hydrogen (secondary N) is 1. The number of benzene rings is 1. The zero-order valence-corrected chi connectivity index (χ0v) is 7.78. The highest BCUT2D eigenvalue weighted by molar-refractivity contribution is 6.33. The minimum atomic E-state index is -4.26. The Hall–Kier alpha value is -1.10. The Morgan fingerprint density at radius 1 is 1.36 bits per heavy atom. The normalized spacial score (nSPS) is 11.4. The highest BCUT2D eigenvalue weighted by Crippen LogP contribution is 2.25. The molecule has 0 fully saturated rings. The van der Waals surface area contributed by atoms with E-state index in [0.717, 1.165) is 0 Å². The second kappa shape index (κ2) is 3.96. The van der Waals surface area contributed by atoms with Gasteiger partial charge in [0.15, 0.2) is 0 Å². The summed E-state index contributed by atoms with van der Waals surface area (Å²) in [6.45, 7) is -1.11. The van der Waals surface area contributed by atoms with Gasteiger partial charge in [0.25, 0.3) is 0 Å². The molecule has 14 heavy (non-hydrogen) atoms. The summed E-state index contributed by atoms with van der Waals surface area (Å²) in [5, 5.41) is 2.34. The van der Waals surface area contributed by atoms with Crippen molar-refractivity contribution in [2.24, 2.45) is 0 Å². The fourth-order valence-electron chi connectivity index (χ4n) is 0.870. The van der Waals surface area contributed by atoms with E-state index in [2.05, 4.69) is 5.32 Å². The van der Waals surface area contributed by atoms with E-state index < -0.39 is 12.7 Å². The molecule has 0 aliphatic heterocycles. The lowest BCUT2D eigenvalue weighted by Gasteiger charge is -2.10. The number of nitrogen functional groups attached to an aromatic ring is 1. The van der Waals surface area contributed by atoms with Gasteiger partial charge < -0.3 is 11.1 Å². The molecule has 0 bridgehead atoms. The minimum Gasteiger partial charge on any atom is -0.399 e. The van der Waals surface area contributed by atoms with Gasteiger partial charge in [-0.15, -0.1) is 0 Å². The number of alkyl halides is 3. The maximum Gasteiger partial charge on any atom is 0.405 e. The maximum atomic E-state index is 11.8. The van der Waals surface area contributed by atoms with E-state index in [1.807, 2.05) is 0 Å². The molecule has 78 valence electrons. The SMILES string of the molecule is Nc1ccc(NCC(F)(F)F)c(Cl)c1. The molecule has 0 heterocycles. The third-order valence-electron chi connectivity index (χ3n) is 1.47. The lowest BCUT2D eigenvalue weighted by Crippen LogP contribution is -2.21. The molecule has 0 amide bonds. The van der Waals surface area contributed by atoms with Gasteiger partial charge in [0, 0.05) is 5.69 Å².